The predicted molar refractivity (Wildman–Crippen MR) is 95.6 cm³/mol. The molecule has 124 valence electrons. The lowest BCUT2D eigenvalue weighted by Crippen LogP contribution is -2.17. The maximum atomic E-state index is 6.07. The van der Waals surface area contributed by atoms with Gasteiger partial charge in [-0.05, 0) is 25.2 Å². The van der Waals surface area contributed by atoms with Crippen LogP contribution in [-0.4, -0.2) is 32.8 Å². The first-order valence-corrected chi connectivity index (χ1v) is 8.47. The molecule has 0 amide bonds. The molecule has 2 aromatic heterocycles. The molecule has 4 rings (SSSR count). The van der Waals surface area contributed by atoms with Gasteiger partial charge in [0.05, 0.1) is 5.39 Å². The number of hydrogen-bond donors (Lipinski definition) is 2. The van der Waals surface area contributed by atoms with E-state index in [1.165, 1.54) is 0 Å². The van der Waals surface area contributed by atoms with Crippen molar-refractivity contribution in [3.63, 3.8) is 0 Å². The van der Waals surface area contributed by atoms with Gasteiger partial charge in [0, 0.05) is 31.4 Å². The van der Waals surface area contributed by atoms with Crippen molar-refractivity contribution >= 4 is 17.0 Å². The average Bonchev–Trinajstić information content (AvgIpc) is 3.19. The van der Waals surface area contributed by atoms with Crippen molar-refractivity contribution in [2.45, 2.75) is 31.8 Å². The standard InChI is InChI=1S/C18H22N6/c1-20-18-21-10-15-16(13-5-3-2-4-6-13)23-24(17(15)22-18)11-12-7-8-14(19)9-12/h2-6,10,12,14H,7-9,11,19H2,1H3,(H,20,21,22). The van der Waals surface area contributed by atoms with Crippen LogP contribution in [0.1, 0.15) is 19.3 Å². The van der Waals surface area contributed by atoms with E-state index in [1.807, 2.05) is 36.1 Å². The minimum absolute atomic E-state index is 0.327. The third kappa shape index (κ3) is 2.73. The molecule has 1 aliphatic carbocycles. The number of rotatable bonds is 4. The molecule has 1 fully saturated rings. The molecule has 0 spiro atoms. The summed E-state index contributed by atoms with van der Waals surface area (Å²) >= 11 is 0. The lowest BCUT2D eigenvalue weighted by atomic mass is 10.1. The fourth-order valence-electron chi connectivity index (χ4n) is 3.54. The Morgan fingerprint density at radius 1 is 1.25 bits per heavy atom. The minimum atomic E-state index is 0.327. The summed E-state index contributed by atoms with van der Waals surface area (Å²) in [5.41, 5.74) is 8.98. The number of nitrogens with one attached hydrogen (secondary N) is 1. The van der Waals surface area contributed by atoms with Gasteiger partial charge in [0.25, 0.3) is 0 Å². The SMILES string of the molecule is CNc1ncc2c(-c3ccccc3)nn(CC3CCC(N)C3)c2n1. The number of anilines is 1. The van der Waals surface area contributed by atoms with E-state index < -0.39 is 0 Å². The summed E-state index contributed by atoms with van der Waals surface area (Å²) in [5.74, 6) is 1.19. The molecular weight excluding hydrogens is 300 g/mol. The van der Waals surface area contributed by atoms with Gasteiger partial charge in [-0.1, -0.05) is 30.3 Å². The summed E-state index contributed by atoms with van der Waals surface area (Å²) in [6.45, 7) is 0.858. The lowest BCUT2D eigenvalue weighted by Gasteiger charge is -2.10. The molecule has 0 bridgehead atoms. The molecular formula is C18H22N6. The molecule has 2 heterocycles. The van der Waals surface area contributed by atoms with Crippen LogP contribution >= 0.6 is 0 Å². The van der Waals surface area contributed by atoms with E-state index in [2.05, 4.69) is 27.4 Å². The second-order valence-electron chi connectivity index (χ2n) is 6.52. The van der Waals surface area contributed by atoms with Gasteiger partial charge in [0.1, 0.15) is 5.69 Å². The van der Waals surface area contributed by atoms with Crippen molar-refractivity contribution < 1.29 is 0 Å². The summed E-state index contributed by atoms with van der Waals surface area (Å²) in [7, 11) is 1.83. The number of benzene rings is 1. The number of aromatic nitrogens is 4. The Kier molecular flexibility index (Phi) is 3.90. The van der Waals surface area contributed by atoms with Crippen molar-refractivity contribution in [1.29, 1.82) is 0 Å². The highest BCUT2D eigenvalue weighted by Gasteiger charge is 2.24. The van der Waals surface area contributed by atoms with Crippen molar-refractivity contribution in [2.75, 3.05) is 12.4 Å². The second kappa shape index (κ2) is 6.20. The van der Waals surface area contributed by atoms with Gasteiger partial charge in [-0.2, -0.15) is 10.1 Å². The number of nitrogens with two attached hydrogens (primary N) is 1. The lowest BCUT2D eigenvalue weighted by molar-refractivity contribution is 0.431. The first-order valence-electron chi connectivity index (χ1n) is 8.47. The summed E-state index contributed by atoms with van der Waals surface area (Å²) in [5, 5.41) is 8.87. The van der Waals surface area contributed by atoms with E-state index in [-0.39, 0.29) is 0 Å². The van der Waals surface area contributed by atoms with Crippen LogP contribution in [0.25, 0.3) is 22.3 Å². The highest BCUT2D eigenvalue weighted by Crippen LogP contribution is 2.30. The van der Waals surface area contributed by atoms with Crippen LogP contribution in [0.3, 0.4) is 0 Å². The van der Waals surface area contributed by atoms with Crippen LogP contribution < -0.4 is 11.1 Å². The average molecular weight is 322 g/mol. The zero-order valence-electron chi connectivity index (χ0n) is 13.8. The Hall–Kier alpha value is -2.47. The molecule has 0 aliphatic heterocycles. The molecule has 2 unspecified atom stereocenters. The number of nitrogens with zero attached hydrogens (tertiary/aromatic N) is 4. The molecule has 0 radical (unpaired) electrons. The van der Waals surface area contributed by atoms with E-state index in [1.54, 1.807) is 0 Å². The Morgan fingerprint density at radius 3 is 2.79 bits per heavy atom. The fourth-order valence-corrected chi connectivity index (χ4v) is 3.54. The maximum Gasteiger partial charge on any atom is 0.224 e. The van der Waals surface area contributed by atoms with Crippen LogP contribution in [0.5, 0.6) is 0 Å². The number of fused-ring (bicyclic) bond motifs is 1. The largest absolute Gasteiger partial charge is 0.357 e. The minimum Gasteiger partial charge on any atom is -0.357 e. The Balaban J connectivity index is 1.79. The van der Waals surface area contributed by atoms with E-state index in [0.29, 0.717) is 17.9 Å². The molecule has 2 atom stereocenters. The van der Waals surface area contributed by atoms with Crippen molar-refractivity contribution in [1.82, 2.24) is 19.7 Å². The normalized spacial score (nSPS) is 20.6. The maximum absolute atomic E-state index is 6.07. The van der Waals surface area contributed by atoms with E-state index in [0.717, 1.165) is 48.1 Å². The number of hydrogen-bond acceptors (Lipinski definition) is 5. The first kappa shape index (κ1) is 15.1. The van der Waals surface area contributed by atoms with Gasteiger partial charge in [-0.15, -0.1) is 0 Å². The van der Waals surface area contributed by atoms with Crippen LogP contribution in [-0.2, 0) is 6.54 Å². The van der Waals surface area contributed by atoms with Gasteiger partial charge < -0.3 is 11.1 Å². The molecule has 1 aliphatic rings. The molecule has 6 nitrogen and oxygen atoms in total. The topological polar surface area (TPSA) is 81.7 Å². The smallest absolute Gasteiger partial charge is 0.224 e. The summed E-state index contributed by atoms with van der Waals surface area (Å²) in [6, 6.07) is 10.5. The van der Waals surface area contributed by atoms with Crippen LogP contribution in [0.4, 0.5) is 5.95 Å². The third-order valence-electron chi connectivity index (χ3n) is 4.77. The van der Waals surface area contributed by atoms with Crippen molar-refractivity contribution in [3.05, 3.63) is 36.5 Å². The first-order chi connectivity index (χ1) is 11.7. The van der Waals surface area contributed by atoms with Gasteiger partial charge >= 0.3 is 0 Å². The fraction of sp³-hybridized carbons (Fsp3) is 0.389. The summed E-state index contributed by atoms with van der Waals surface area (Å²) in [4.78, 5) is 9.02. The van der Waals surface area contributed by atoms with Gasteiger partial charge in [-0.25, -0.2) is 9.67 Å². The summed E-state index contributed by atoms with van der Waals surface area (Å²) < 4.78 is 2.03. The predicted octanol–water partition coefficient (Wildman–Crippen LogP) is 2.66. The molecule has 3 aromatic rings. The molecule has 3 N–H and O–H groups in total. The van der Waals surface area contributed by atoms with Crippen molar-refractivity contribution in [3.8, 4) is 11.3 Å². The monoisotopic (exact) mass is 322 g/mol. The highest BCUT2D eigenvalue weighted by molar-refractivity contribution is 5.91. The zero-order valence-corrected chi connectivity index (χ0v) is 13.8. The van der Waals surface area contributed by atoms with Crippen LogP contribution in [0, 0.1) is 5.92 Å². The highest BCUT2D eigenvalue weighted by atomic mass is 15.3. The Bertz CT molecular complexity index is 841. The molecule has 1 saturated carbocycles. The quantitative estimate of drug-likeness (QED) is 0.772. The Morgan fingerprint density at radius 2 is 2.08 bits per heavy atom. The van der Waals surface area contributed by atoms with Crippen LogP contribution in [0.2, 0.25) is 0 Å². The molecule has 24 heavy (non-hydrogen) atoms. The van der Waals surface area contributed by atoms with Gasteiger partial charge in [-0.3, -0.25) is 0 Å². The Labute approximate surface area is 141 Å². The van der Waals surface area contributed by atoms with Crippen LogP contribution in [0.15, 0.2) is 36.5 Å². The van der Waals surface area contributed by atoms with E-state index in [9.17, 15) is 0 Å². The van der Waals surface area contributed by atoms with Crippen molar-refractivity contribution in [2.24, 2.45) is 11.7 Å². The van der Waals surface area contributed by atoms with E-state index >= 15 is 0 Å². The molecule has 1 aromatic carbocycles. The molecule has 6 heteroatoms. The van der Waals surface area contributed by atoms with Gasteiger partial charge in [0.2, 0.25) is 5.95 Å². The van der Waals surface area contributed by atoms with E-state index in [4.69, 9.17) is 10.8 Å². The third-order valence-corrected chi connectivity index (χ3v) is 4.77. The molecule has 0 saturated heterocycles. The zero-order chi connectivity index (χ0) is 16.5. The second-order valence-corrected chi connectivity index (χ2v) is 6.52. The summed E-state index contributed by atoms with van der Waals surface area (Å²) in [6.07, 6.45) is 5.19. The van der Waals surface area contributed by atoms with Gasteiger partial charge in [0.15, 0.2) is 5.65 Å².